The third kappa shape index (κ3) is 4.86. The maximum Gasteiger partial charge on any atom is 0.433 e. The molecule has 0 saturated carbocycles. The Bertz CT molecular complexity index is 1220. The van der Waals surface area contributed by atoms with E-state index in [1.807, 2.05) is 14.1 Å². The van der Waals surface area contributed by atoms with Crippen molar-refractivity contribution in [3.05, 3.63) is 78.5 Å². The first-order valence-corrected chi connectivity index (χ1v) is 9.89. The molecular formula is C22H20F3N7O. The van der Waals surface area contributed by atoms with Crippen LogP contribution in [0.5, 0.6) is 0 Å². The van der Waals surface area contributed by atoms with E-state index in [9.17, 15) is 18.0 Å². The lowest BCUT2D eigenvalue weighted by Gasteiger charge is -2.21. The van der Waals surface area contributed by atoms with E-state index in [1.54, 1.807) is 35.2 Å². The van der Waals surface area contributed by atoms with E-state index < -0.39 is 18.0 Å². The quantitative estimate of drug-likeness (QED) is 0.615. The highest BCUT2D eigenvalue weighted by Crippen LogP contribution is 2.34. The molecule has 11 heteroatoms. The van der Waals surface area contributed by atoms with Gasteiger partial charge in [-0.25, -0.2) is 9.67 Å². The average molecular weight is 455 g/mol. The minimum atomic E-state index is -4.61. The molecule has 170 valence electrons. The Kier molecular flexibility index (Phi) is 5.86. The zero-order valence-corrected chi connectivity index (χ0v) is 17.7. The maximum atomic E-state index is 13.6. The summed E-state index contributed by atoms with van der Waals surface area (Å²) in [5.41, 5.74) is 0.270. The number of amides is 1. The number of rotatable bonds is 5. The van der Waals surface area contributed by atoms with E-state index in [0.29, 0.717) is 16.9 Å². The minimum absolute atomic E-state index is 0.148. The van der Waals surface area contributed by atoms with Crippen molar-refractivity contribution in [1.29, 1.82) is 0 Å². The van der Waals surface area contributed by atoms with Crippen molar-refractivity contribution in [2.75, 3.05) is 19.0 Å². The number of carbonyl (C=O) groups excluding carboxylic acids is 1. The molecule has 0 aromatic carbocycles. The van der Waals surface area contributed by atoms with Crippen LogP contribution in [-0.4, -0.2) is 45.9 Å². The molecule has 0 bridgehead atoms. The van der Waals surface area contributed by atoms with Gasteiger partial charge >= 0.3 is 6.18 Å². The fourth-order valence-corrected chi connectivity index (χ4v) is 3.16. The van der Waals surface area contributed by atoms with Gasteiger partial charge in [-0.2, -0.15) is 18.3 Å². The van der Waals surface area contributed by atoms with Gasteiger partial charge in [-0.05, 0) is 42.5 Å². The molecule has 3 aromatic rings. The Morgan fingerprint density at radius 1 is 1.21 bits per heavy atom. The summed E-state index contributed by atoms with van der Waals surface area (Å²) < 4.78 is 41.7. The molecule has 0 fully saturated rings. The molecule has 4 heterocycles. The van der Waals surface area contributed by atoms with Crippen LogP contribution in [0.1, 0.15) is 16.1 Å². The molecule has 0 aliphatic carbocycles. The summed E-state index contributed by atoms with van der Waals surface area (Å²) in [6.07, 6.45) is 3.67. The van der Waals surface area contributed by atoms with E-state index in [1.165, 1.54) is 30.9 Å². The minimum Gasteiger partial charge on any atom is -0.366 e. The van der Waals surface area contributed by atoms with Gasteiger partial charge in [0.25, 0.3) is 5.91 Å². The SMILES string of the molecule is CN(C)c1cc(C(=O)NC2C=CC(n3nc(-c4cccnc4)cc3C(F)(F)F)=CN2)ccn1. The van der Waals surface area contributed by atoms with Gasteiger partial charge in [-0.1, -0.05) is 0 Å². The molecule has 0 radical (unpaired) electrons. The van der Waals surface area contributed by atoms with Crippen molar-refractivity contribution in [2.45, 2.75) is 12.3 Å². The van der Waals surface area contributed by atoms with Crippen molar-refractivity contribution in [3.8, 4) is 11.3 Å². The van der Waals surface area contributed by atoms with Crippen LogP contribution in [0, 0.1) is 0 Å². The fraction of sp³-hybridized carbons (Fsp3) is 0.182. The standard InChI is InChI=1S/C22H20F3N7O/c1-31(2)20-10-14(7-9-27-20)21(33)29-19-6-5-16(13-28-19)32-18(22(23,24)25)11-17(30-32)15-4-3-8-26-12-15/h3-13,19,28H,1-2H3,(H,29,33). The monoisotopic (exact) mass is 455 g/mol. The zero-order chi connectivity index (χ0) is 23.6. The third-order valence-corrected chi connectivity index (χ3v) is 4.82. The molecule has 0 saturated heterocycles. The first kappa shape index (κ1) is 22.1. The average Bonchev–Trinajstić information content (AvgIpc) is 3.26. The molecule has 2 N–H and O–H groups in total. The second-order valence-corrected chi connectivity index (χ2v) is 7.41. The number of aromatic nitrogens is 4. The van der Waals surface area contributed by atoms with Gasteiger partial charge in [0.2, 0.25) is 0 Å². The Labute approximate surface area is 187 Å². The number of hydrogen-bond acceptors (Lipinski definition) is 6. The number of carbonyl (C=O) groups is 1. The van der Waals surface area contributed by atoms with Crippen molar-refractivity contribution in [1.82, 2.24) is 30.4 Å². The highest BCUT2D eigenvalue weighted by Gasteiger charge is 2.37. The van der Waals surface area contributed by atoms with Crippen LogP contribution in [0.3, 0.4) is 0 Å². The molecule has 1 unspecified atom stereocenters. The Morgan fingerprint density at radius 3 is 2.67 bits per heavy atom. The normalized spacial score (nSPS) is 15.5. The van der Waals surface area contributed by atoms with Gasteiger partial charge in [0.05, 0.1) is 11.4 Å². The predicted molar refractivity (Wildman–Crippen MR) is 117 cm³/mol. The lowest BCUT2D eigenvalue weighted by Crippen LogP contribution is -2.43. The molecule has 1 aliphatic heterocycles. The number of hydrogen-bond donors (Lipinski definition) is 2. The summed E-state index contributed by atoms with van der Waals surface area (Å²) in [5.74, 6) is 0.271. The summed E-state index contributed by atoms with van der Waals surface area (Å²) >= 11 is 0. The van der Waals surface area contributed by atoms with Gasteiger partial charge in [-0.3, -0.25) is 9.78 Å². The molecule has 0 spiro atoms. The summed E-state index contributed by atoms with van der Waals surface area (Å²) in [5, 5.41) is 9.78. The fourth-order valence-electron chi connectivity index (χ4n) is 3.16. The number of halogens is 3. The molecule has 1 amide bonds. The Morgan fingerprint density at radius 2 is 2.03 bits per heavy atom. The number of dihydropyridines is 1. The van der Waals surface area contributed by atoms with Gasteiger partial charge < -0.3 is 15.5 Å². The van der Waals surface area contributed by atoms with Crippen molar-refractivity contribution >= 4 is 17.4 Å². The number of nitrogens with zero attached hydrogens (tertiary/aromatic N) is 5. The van der Waals surface area contributed by atoms with Crippen molar-refractivity contribution < 1.29 is 18.0 Å². The zero-order valence-electron chi connectivity index (χ0n) is 17.7. The largest absolute Gasteiger partial charge is 0.433 e. The molecule has 33 heavy (non-hydrogen) atoms. The van der Waals surface area contributed by atoms with Gasteiger partial charge in [-0.15, -0.1) is 0 Å². The molecule has 3 aromatic heterocycles. The van der Waals surface area contributed by atoms with Crippen molar-refractivity contribution in [2.24, 2.45) is 0 Å². The van der Waals surface area contributed by atoms with Gasteiger partial charge in [0.1, 0.15) is 17.7 Å². The van der Waals surface area contributed by atoms with Crippen LogP contribution >= 0.6 is 0 Å². The van der Waals surface area contributed by atoms with E-state index in [4.69, 9.17) is 0 Å². The number of nitrogens with one attached hydrogen (secondary N) is 2. The van der Waals surface area contributed by atoms with E-state index in [2.05, 4.69) is 25.7 Å². The number of pyridine rings is 2. The summed E-state index contributed by atoms with van der Waals surface area (Å²) in [7, 11) is 3.62. The van der Waals surface area contributed by atoms with Crippen LogP contribution in [0.15, 0.2) is 67.3 Å². The molecule has 1 aliphatic rings. The second kappa shape index (κ2) is 8.77. The lowest BCUT2D eigenvalue weighted by molar-refractivity contribution is -0.142. The topological polar surface area (TPSA) is 88.0 Å². The molecule has 8 nitrogen and oxygen atoms in total. The Hall–Kier alpha value is -4.15. The first-order chi connectivity index (χ1) is 15.7. The summed E-state index contributed by atoms with van der Waals surface area (Å²) in [6.45, 7) is 0. The number of allylic oxidation sites excluding steroid dienone is 2. The molecular weight excluding hydrogens is 435 g/mol. The highest BCUT2D eigenvalue weighted by molar-refractivity contribution is 5.95. The van der Waals surface area contributed by atoms with E-state index >= 15 is 0 Å². The maximum absolute atomic E-state index is 13.6. The number of alkyl halides is 3. The lowest BCUT2D eigenvalue weighted by atomic mass is 10.2. The van der Waals surface area contributed by atoms with E-state index in [0.717, 1.165) is 10.7 Å². The highest BCUT2D eigenvalue weighted by atomic mass is 19.4. The third-order valence-electron chi connectivity index (χ3n) is 4.82. The predicted octanol–water partition coefficient (Wildman–Crippen LogP) is 3.14. The smallest absolute Gasteiger partial charge is 0.366 e. The Balaban J connectivity index is 1.52. The summed E-state index contributed by atoms with van der Waals surface area (Å²) in [6, 6.07) is 7.46. The molecule has 4 rings (SSSR count). The summed E-state index contributed by atoms with van der Waals surface area (Å²) in [4.78, 5) is 22.4. The number of anilines is 1. The second-order valence-electron chi connectivity index (χ2n) is 7.41. The van der Waals surface area contributed by atoms with Crippen LogP contribution < -0.4 is 15.5 Å². The van der Waals surface area contributed by atoms with Gasteiger partial charge in [0, 0.05) is 50.0 Å². The van der Waals surface area contributed by atoms with Crippen LogP contribution in [0.25, 0.3) is 17.0 Å². The molecule has 1 atom stereocenters. The van der Waals surface area contributed by atoms with Gasteiger partial charge in [0.15, 0.2) is 0 Å². The van der Waals surface area contributed by atoms with E-state index in [-0.39, 0.29) is 17.3 Å². The first-order valence-electron chi connectivity index (χ1n) is 9.89. The van der Waals surface area contributed by atoms with Crippen LogP contribution in [0.2, 0.25) is 0 Å². The van der Waals surface area contributed by atoms with Crippen molar-refractivity contribution in [3.63, 3.8) is 0 Å². The van der Waals surface area contributed by atoms with Crippen LogP contribution in [-0.2, 0) is 6.18 Å². The van der Waals surface area contributed by atoms with Crippen LogP contribution in [0.4, 0.5) is 19.0 Å².